The largest absolute Gasteiger partial charge is 0.504 e. The molecule has 5 unspecified atom stereocenters. The summed E-state index contributed by atoms with van der Waals surface area (Å²) in [5.74, 6) is -0.538. The molecular weight excluding hydrogens is 312 g/mol. The minimum atomic E-state index is -1.76. The molecule has 0 radical (unpaired) electrons. The van der Waals surface area contributed by atoms with E-state index in [0.29, 0.717) is 5.39 Å². The highest BCUT2D eigenvalue weighted by Crippen LogP contribution is 2.33. The van der Waals surface area contributed by atoms with Gasteiger partial charge in [-0.05, 0) is 12.1 Å². The quantitative estimate of drug-likeness (QED) is 0.421. The number of aromatic hydroxyl groups is 1. The Hall–Kier alpha value is -2.17. The van der Waals surface area contributed by atoms with E-state index in [1.165, 1.54) is 18.2 Å². The fourth-order valence-corrected chi connectivity index (χ4v) is 2.23. The Bertz CT molecular complexity index is 770. The number of phenols is 1. The normalized spacial score (nSPS) is 31.2. The maximum Gasteiger partial charge on any atom is 0.336 e. The number of phenolic OH excluding ortho intramolecular Hbond substituents is 1. The average molecular weight is 326 g/mol. The summed E-state index contributed by atoms with van der Waals surface area (Å²) in [6, 6.07) is 5.09. The summed E-state index contributed by atoms with van der Waals surface area (Å²) in [7, 11) is 0. The van der Waals surface area contributed by atoms with Gasteiger partial charge in [0.05, 0.1) is 0 Å². The minimum absolute atomic E-state index is 0.128. The first-order valence-electron chi connectivity index (χ1n) is 6.68. The predicted molar refractivity (Wildman–Crippen MR) is 73.7 cm³/mol. The van der Waals surface area contributed by atoms with E-state index in [0.717, 1.165) is 6.07 Å². The van der Waals surface area contributed by atoms with Crippen LogP contribution in [0.3, 0.4) is 0 Å². The Balaban J connectivity index is 1.90. The Morgan fingerprint density at radius 3 is 2.48 bits per heavy atom. The van der Waals surface area contributed by atoms with Crippen molar-refractivity contribution in [2.75, 3.05) is 0 Å². The second kappa shape index (κ2) is 5.80. The zero-order chi connectivity index (χ0) is 16.7. The zero-order valence-corrected chi connectivity index (χ0v) is 11.6. The minimum Gasteiger partial charge on any atom is -0.504 e. The predicted octanol–water partition coefficient (Wildman–Crippen LogP) is -1.37. The van der Waals surface area contributed by atoms with Crippen molar-refractivity contribution in [2.45, 2.75) is 30.9 Å². The fourth-order valence-electron chi connectivity index (χ4n) is 2.23. The van der Waals surface area contributed by atoms with Crippen LogP contribution in [0.15, 0.2) is 33.5 Å². The second-order valence-corrected chi connectivity index (χ2v) is 5.10. The molecule has 9 nitrogen and oxygen atoms in total. The zero-order valence-electron chi connectivity index (χ0n) is 11.6. The van der Waals surface area contributed by atoms with Gasteiger partial charge < -0.3 is 39.4 Å². The molecule has 0 amide bonds. The van der Waals surface area contributed by atoms with Crippen LogP contribution >= 0.6 is 0 Å². The molecule has 3 rings (SSSR count). The summed E-state index contributed by atoms with van der Waals surface area (Å²) in [4.78, 5) is 11.1. The van der Waals surface area contributed by atoms with Crippen molar-refractivity contribution in [1.29, 1.82) is 0 Å². The SMILES string of the molecule is O=c1ccc2cc(OC3OC(O)C(O)C(O)C3O)c(O)cc2o1. The molecule has 1 aliphatic heterocycles. The van der Waals surface area contributed by atoms with Crippen molar-refractivity contribution in [3.05, 3.63) is 34.7 Å². The highest BCUT2D eigenvalue weighted by atomic mass is 16.7. The molecular formula is C14H14O9. The molecule has 1 saturated heterocycles. The molecule has 0 aliphatic carbocycles. The Morgan fingerprint density at radius 2 is 1.74 bits per heavy atom. The molecule has 5 N–H and O–H groups in total. The van der Waals surface area contributed by atoms with Crippen LogP contribution in [0.5, 0.6) is 11.5 Å². The molecule has 0 spiro atoms. The molecule has 5 atom stereocenters. The number of benzene rings is 1. The van der Waals surface area contributed by atoms with E-state index in [2.05, 4.69) is 0 Å². The van der Waals surface area contributed by atoms with Gasteiger partial charge >= 0.3 is 5.63 Å². The first-order valence-corrected chi connectivity index (χ1v) is 6.68. The molecule has 1 fully saturated rings. The van der Waals surface area contributed by atoms with Crippen molar-refractivity contribution < 1.29 is 39.4 Å². The average Bonchev–Trinajstić information content (AvgIpc) is 2.51. The number of aliphatic hydroxyl groups is 4. The van der Waals surface area contributed by atoms with Crippen LogP contribution in [0.1, 0.15) is 0 Å². The van der Waals surface area contributed by atoms with Crippen molar-refractivity contribution in [2.24, 2.45) is 0 Å². The van der Waals surface area contributed by atoms with E-state index >= 15 is 0 Å². The summed E-state index contributed by atoms with van der Waals surface area (Å²) in [5.41, 5.74) is -0.459. The van der Waals surface area contributed by atoms with Gasteiger partial charge in [0.1, 0.15) is 23.9 Å². The van der Waals surface area contributed by atoms with Gasteiger partial charge in [-0.3, -0.25) is 0 Å². The van der Waals surface area contributed by atoms with E-state index in [1.54, 1.807) is 0 Å². The lowest BCUT2D eigenvalue weighted by atomic mass is 10.0. The third-order valence-electron chi connectivity index (χ3n) is 3.49. The summed E-state index contributed by atoms with van der Waals surface area (Å²) in [6.07, 6.45) is -8.33. The third-order valence-corrected chi connectivity index (χ3v) is 3.49. The highest BCUT2D eigenvalue weighted by molar-refractivity contribution is 5.80. The van der Waals surface area contributed by atoms with E-state index in [9.17, 15) is 30.3 Å². The molecule has 2 heterocycles. The van der Waals surface area contributed by atoms with Gasteiger partial charge in [-0.2, -0.15) is 0 Å². The first-order chi connectivity index (χ1) is 10.9. The van der Waals surface area contributed by atoms with Crippen LogP contribution in [0.2, 0.25) is 0 Å². The number of aliphatic hydroxyl groups excluding tert-OH is 4. The van der Waals surface area contributed by atoms with Crippen LogP contribution in [0, 0.1) is 0 Å². The Morgan fingerprint density at radius 1 is 1.00 bits per heavy atom. The maximum absolute atomic E-state index is 11.1. The van der Waals surface area contributed by atoms with Gasteiger partial charge in [-0.25, -0.2) is 4.79 Å². The number of hydrogen-bond donors (Lipinski definition) is 5. The topological polar surface area (TPSA) is 150 Å². The Kier molecular flexibility index (Phi) is 3.96. The van der Waals surface area contributed by atoms with Crippen LogP contribution in [0.25, 0.3) is 11.0 Å². The van der Waals surface area contributed by atoms with Gasteiger partial charge in [0, 0.05) is 17.5 Å². The van der Waals surface area contributed by atoms with E-state index in [4.69, 9.17) is 13.9 Å². The van der Waals surface area contributed by atoms with E-state index in [1.807, 2.05) is 0 Å². The Labute approximate surface area is 128 Å². The van der Waals surface area contributed by atoms with Crippen LogP contribution in [0.4, 0.5) is 0 Å². The lowest BCUT2D eigenvalue weighted by Gasteiger charge is -2.37. The first kappa shape index (κ1) is 15.7. The van der Waals surface area contributed by atoms with Crippen molar-refractivity contribution in [1.82, 2.24) is 0 Å². The molecule has 1 aromatic carbocycles. The lowest BCUT2D eigenvalue weighted by Crippen LogP contribution is -2.59. The summed E-state index contributed by atoms with van der Waals surface area (Å²) >= 11 is 0. The van der Waals surface area contributed by atoms with Crippen LogP contribution in [-0.4, -0.2) is 56.4 Å². The third kappa shape index (κ3) is 2.87. The van der Waals surface area contributed by atoms with E-state index in [-0.39, 0.29) is 11.3 Å². The molecule has 1 aliphatic rings. The standard InChI is InChI=1S/C14H14O9/c15-6-4-7-5(1-2-9(16)21-7)3-8(6)22-14-12(19)10(17)11(18)13(20)23-14/h1-4,10-15,17-20H. The molecule has 1 aromatic heterocycles. The van der Waals surface area contributed by atoms with Crippen LogP contribution in [-0.2, 0) is 4.74 Å². The highest BCUT2D eigenvalue weighted by Gasteiger charge is 2.44. The number of rotatable bonds is 2. The number of hydrogen-bond acceptors (Lipinski definition) is 9. The van der Waals surface area contributed by atoms with Gasteiger partial charge in [0.2, 0.25) is 6.29 Å². The number of fused-ring (bicyclic) bond motifs is 1. The molecule has 0 saturated carbocycles. The van der Waals surface area contributed by atoms with Crippen molar-refractivity contribution in [3.8, 4) is 11.5 Å². The summed E-state index contributed by atoms with van der Waals surface area (Å²) < 4.78 is 15.0. The second-order valence-electron chi connectivity index (χ2n) is 5.10. The van der Waals surface area contributed by atoms with Crippen molar-refractivity contribution in [3.63, 3.8) is 0 Å². The fraction of sp³-hybridized carbons (Fsp3) is 0.357. The molecule has 0 bridgehead atoms. The van der Waals surface area contributed by atoms with Gasteiger partial charge in [0.15, 0.2) is 17.8 Å². The van der Waals surface area contributed by atoms with Gasteiger partial charge in [0.25, 0.3) is 0 Å². The van der Waals surface area contributed by atoms with E-state index < -0.39 is 42.3 Å². The summed E-state index contributed by atoms with van der Waals surface area (Å²) in [5, 5.41) is 48.6. The molecule has 23 heavy (non-hydrogen) atoms. The smallest absolute Gasteiger partial charge is 0.336 e. The maximum atomic E-state index is 11.1. The molecule has 2 aromatic rings. The van der Waals surface area contributed by atoms with Gasteiger partial charge in [-0.1, -0.05) is 0 Å². The monoisotopic (exact) mass is 326 g/mol. The molecule has 124 valence electrons. The van der Waals surface area contributed by atoms with Gasteiger partial charge in [-0.15, -0.1) is 0 Å². The van der Waals surface area contributed by atoms with Crippen molar-refractivity contribution >= 4 is 11.0 Å². The van der Waals surface area contributed by atoms with Crippen LogP contribution < -0.4 is 10.4 Å². The lowest BCUT2D eigenvalue weighted by molar-refractivity contribution is -0.321. The number of ether oxygens (including phenoxy) is 2. The summed E-state index contributed by atoms with van der Waals surface area (Å²) in [6.45, 7) is 0. The molecule has 9 heteroatoms.